The van der Waals surface area contributed by atoms with Crippen molar-refractivity contribution in [3.05, 3.63) is 78.9 Å². The van der Waals surface area contributed by atoms with Crippen LogP contribution in [0.15, 0.2) is 78.9 Å². The molecule has 29 heavy (non-hydrogen) atoms. The van der Waals surface area contributed by atoms with Crippen LogP contribution in [0.5, 0.6) is 0 Å². The fourth-order valence-corrected chi connectivity index (χ4v) is 3.89. The maximum absolute atomic E-state index is 13.2. The number of hydrogen-bond acceptors (Lipinski definition) is 3. The summed E-state index contributed by atoms with van der Waals surface area (Å²) < 4.78 is 2.03. The Bertz CT molecular complexity index is 1340. The number of amides is 1. The normalized spacial score (nSPS) is 12.4. The molecule has 5 rings (SSSR count). The van der Waals surface area contributed by atoms with Gasteiger partial charge in [0.1, 0.15) is 11.6 Å². The van der Waals surface area contributed by atoms with Gasteiger partial charge >= 0.3 is 0 Å². The second-order valence-electron chi connectivity index (χ2n) is 7.05. The number of nitrogens with zero attached hydrogens (tertiary/aromatic N) is 3. The van der Waals surface area contributed by atoms with Crippen molar-refractivity contribution < 1.29 is 4.79 Å². The van der Waals surface area contributed by atoms with Gasteiger partial charge in [0.2, 0.25) is 5.91 Å². The van der Waals surface area contributed by atoms with Gasteiger partial charge in [-0.25, -0.2) is 9.97 Å². The molecule has 142 valence electrons. The molecule has 0 spiro atoms. The number of fused-ring (bicyclic) bond motifs is 4. The van der Waals surface area contributed by atoms with E-state index in [2.05, 4.69) is 5.32 Å². The zero-order valence-electron chi connectivity index (χ0n) is 16.0. The fraction of sp³-hybridized carbons (Fsp3) is 0.125. The van der Waals surface area contributed by atoms with E-state index in [-0.39, 0.29) is 5.91 Å². The van der Waals surface area contributed by atoms with Crippen LogP contribution in [-0.2, 0) is 4.79 Å². The average molecular weight is 380 g/mol. The summed E-state index contributed by atoms with van der Waals surface area (Å²) in [4.78, 5) is 23.0. The van der Waals surface area contributed by atoms with Crippen LogP contribution >= 0.6 is 0 Å². The Balaban J connectivity index is 1.72. The van der Waals surface area contributed by atoms with E-state index in [0.717, 1.165) is 38.8 Å². The van der Waals surface area contributed by atoms with E-state index in [9.17, 15) is 4.79 Å². The van der Waals surface area contributed by atoms with Gasteiger partial charge in [-0.3, -0.25) is 4.79 Å². The molecule has 1 unspecified atom stereocenters. The van der Waals surface area contributed by atoms with Crippen LogP contribution in [0, 0.1) is 0 Å². The predicted octanol–water partition coefficient (Wildman–Crippen LogP) is 5.33. The molecule has 0 fully saturated rings. The molecule has 3 aromatic carbocycles. The number of carbonyl (C=O) groups excluding carboxylic acids is 1. The Morgan fingerprint density at radius 2 is 1.55 bits per heavy atom. The molecule has 0 radical (unpaired) electrons. The van der Waals surface area contributed by atoms with Gasteiger partial charge in [0, 0.05) is 11.1 Å². The molecule has 5 aromatic rings. The first kappa shape index (κ1) is 17.4. The highest BCUT2D eigenvalue weighted by Crippen LogP contribution is 2.32. The van der Waals surface area contributed by atoms with Crippen molar-refractivity contribution in [1.82, 2.24) is 14.5 Å². The summed E-state index contributed by atoms with van der Waals surface area (Å²) in [5.41, 5.74) is 4.98. The summed E-state index contributed by atoms with van der Waals surface area (Å²) in [6.45, 7) is 2.02. The molecular formula is C24H20N4O. The third-order valence-electron chi connectivity index (χ3n) is 5.24. The molecule has 2 heterocycles. The van der Waals surface area contributed by atoms with Crippen LogP contribution in [-0.4, -0.2) is 20.4 Å². The van der Waals surface area contributed by atoms with Crippen LogP contribution in [0.1, 0.15) is 19.4 Å². The Kier molecular flexibility index (Phi) is 4.21. The third-order valence-corrected chi connectivity index (χ3v) is 5.24. The molecule has 0 saturated heterocycles. The maximum Gasteiger partial charge on any atom is 0.247 e. The van der Waals surface area contributed by atoms with Crippen molar-refractivity contribution >= 4 is 44.7 Å². The lowest BCUT2D eigenvalue weighted by molar-refractivity contribution is -0.119. The van der Waals surface area contributed by atoms with Crippen molar-refractivity contribution in [3.8, 4) is 0 Å². The highest BCUT2D eigenvalue weighted by Gasteiger charge is 2.25. The second-order valence-corrected chi connectivity index (χ2v) is 7.05. The van der Waals surface area contributed by atoms with Gasteiger partial charge in [-0.15, -0.1) is 0 Å². The number of rotatable bonds is 4. The summed E-state index contributed by atoms with van der Waals surface area (Å²) >= 11 is 0. The summed E-state index contributed by atoms with van der Waals surface area (Å²) in [5.74, 6) is -0.0590. The van der Waals surface area contributed by atoms with Gasteiger partial charge in [0.05, 0.1) is 16.6 Å². The van der Waals surface area contributed by atoms with E-state index in [4.69, 9.17) is 9.97 Å². The number of anilines is 1. The number of benzene rings is 3. The number of nitrogens with one attached hydrogen (secondary N) is 1. The predicted molar refractivity (Wildman–Crippen MR) is 117 cm³/mol. The lowest BCUT2D eigenvalue weighted by Crippen LogP contribution is -2.25. The molecule has 0 aliphatic carbocycles. The van der Waals surface area contributed by atoms with E-state index < -0.39 is 6.04 Å². The molecule has 0 bridgehead atoms. The van der Waals surface area contributed by atoms with Gasteiger partial charge < -0.3 is 9.88 Å². The van der Waals surface area contributed by atoms with E-state index in [1.165, 1.54) is 0 Å². The smallest absolute Gasteiger partial charge is 0.247 e. The molecule has 1 N–H and O–H groups in total. The van der Waals surface area contributed by atoms with Crippen LogP contribution in [0.2, 0.25) is 0 Å². The van der Waals surface area contributed by atoms with Crippen molar-refractivity contribution in [2.45, 2.75) is 19.4 Å². The number of carbonyl (C=O) groups is 1. The molecule has 0 saturated carbocycles. The van der Waals surface area contributed by atoms with Crippen molar-refractivity contribution in [2.24, 2.45) is 0 Å². The number of para-hydroxylation sites is 4. The van der Waals surface area contributed by atoms with Gasteiger partial charge in [-0.2, -0.15) is 0 Å². The van der Waals surface area contributed by atoms with Crippen molar-refractivity contribution in [1.29, 1.82) is 0 Å². The first-order valence-electron chi connectivity index (χ1n) is 9.77. The lowest BCUT2D eigenvalue weighted by atomic mass is 10.2. The van der Waals surface area contributed by atoms with Crippen LogP contribution in [0.3, 0.4) is 0 Å². The molecule has 2 aromatic heterocycles. The molecule has 0 aliphatic rings. The van der Waals surface area contributed by atoms with E-state index in [1.807, 2.05) is 90.4 Å². The minimum absolute atomic E-state index is 0.0590. The quantitative estimate of drug-likeness (QED) is 0.459. The van der Waals surface area contributed by atoms with Gasteiger partial charge in [-0.1, -0.05) is 55.5 Å². The Hall–Kier alpha value is -3.73. The second kappa shape index (κ2) is 7.02. The standard InChI is InChI=1S/C24H20N4O/c1-2-20(24(29)25-16-10-4-3-5-11-16)28-21-15-9-6-12-17(21)22-23(28)27-19-14-8-7-13-18(19)26-22/h3-15,20H,2H2,1H3,(H,25,29). The van der Waals surface area contributed by atoms with Crippen LogP contribution in [0.25, 0.3) is 33.1 Å². The summed E-state index contributed by atoms with van der Waals surface area (Å²) in [5, 5.41) is 4.05. The topological polar surface area (TPSA) is 59.8 Å². The zero-order valence-corrected chi connectivity index (χ0v) is 16.0. The van der Waals surface area contributed by atoms with Gasteiger partial charge in [0.15, 0.2) is 5.65 Å². The Morgan fingerprint density at radius 1 is 0.897 bits per heavy atom. The first-order chi connectivity index (χ1) is 14.3. The lowest BCUT2D eigenvalue weighted by Gasteiger charge is -2.19. The SMILES string of the molecule is CCC(C(=O)Nc1ccccc1)n1c2ccccc2c2nc3ccccc3nc21. The zero-order chi connectivity index (χ0) is 19.8. The summed E-state index contributed by atoms with van der Waals surface area (Å²) in [6, 6.07) is 25.0. The van der Waals surface area contributed by atoms with Crippen molar-refractivity contribution in [2.75, 3.05) is 5.32 Å². The summed E-state index contributed by atoms with van der Waals surface area (Å²) in [6.07, 6.45) is 0.640. The minimum atomic E-state index is -0.395. The molecule has 5 heteroatoms. The number of aromatic nitrogens is 3. The van der Waals surface area contributed by atoms with E-state index in [1.54, 1.807) is 0 Å². The summed E-state index contributed by atoms with van der Waals surface area (Å²) in [7, 11) is 0. The maximum atomic E-state index is 13.2. The Morgan fingerprint density at radius 3 is 2.31 bits per heavy atom. The Labute approximate surface area is 168 Å². The highest BCUT2D eigenvalue weighted by molar-refractivity contribution is 6.08. The van der Waals surface area contributed by atoms with Gasteiger partial charge in [-0.05, 0) is 36.8 Å². The molecule has 1 atom stereocenters. The highest BCUT2D eigenvalue weighted by atomic mass is 16.2. The molecule has 0 aliphatic heterocycles. The molecule has 5 nitrogen and oxygen atoms in total. The fourth-order valence-electron chi connectivity index (χ4n) is 3.89. The third kappa shape index (κ3) is 2.91. The van der Waals surface area contributed by atoms with Crippen molar-refractivity contribution in [3.63, 3.8) is 0 Å². The molecule has 1 amide bonds. The van der Waals surface area contributed by atoms with E-state index in [0.29, 0.717) is 6.42 Å². The minimum Gasteiger partial charge on any atom is -0.324 e. The van der Waals surface area contributed by atoms with Crippen LogP contribution < -0.4 is 5.32 Å². The first-order valence-corrected chi connectivity index (χ1v) is 9.77. The monoisotopic (exact) mass is 380 g/mol. The number of hydrogen-bond donors (Lipinski definition) is 1. The average Bonchev–Trinajstić information content (AvgIpc) is 3.07. The largest absolute Gasteiger partial charge is 0.324 e. The van der Waals surface area contributed by atoms with Gasteiger partial charge in [0.25, 0.3) is 0 Å². The molecular weight excluding hydrogens is 360 g/mol. The van der Waals surface area contributed by atoms with Crippen LogP contribution in [0.4, 0.5) is 5.69 Å². The van der Waals surface area contributed by atoms with E-state index >= 15 is 0 Å².